The van der Waals surface area contributed by atoms with E-state index in [9.17, 15) is 4.79 Å². The fourth-order valence-corrected chi connectivity index (χ4v) is 2.05. The van der Waals surface area contributed by atoms with E-state index in [1.807, 2.05) is 27.5 Å². The van der Waals surface area contributed by atoms with Crippen LogP contribution in [0.1, 0.15) is 6.42 Å². The quantitative estimate of drug-likeness (QED) is 0.201. The molecule has 0 aliphatic carbocycles. The molecule has 0 radical (unpaired) electrons. The minimum absolute atomic E-state index is 0.127. The van der Waals surface area contributed by atoms with E-state index >= 15 is 0 Å². The van der Waals surface area contributed by atoms with Gasteiger partial charge in [0.2, 0.25) is 0 Å². The Morgan fingerprint density at radius 3 is 3.05 bits per heavy atom. The highest BCUT2D eigenvalue weighted by molar-refractivity contribution is 14.1. The second kappa shape index (κ2) is 7.94. The number of halogens is 1. The minimum atomic E-state index is -0.197. The summed E-state index contributed by atoms with van der Waals surface area (Å²) in [5.74, 6) is 0.689. The number of nitrogens with one attached hydrogen (secondary N) is 1. The highest BCUT2D eigenvalue weighted by Crippen LogP contribution is 2.15. The van der Waals surface area contributed by atoms with Gasteiger partial charge in [0.05, 0.1) is 12.9 Å². The van der Waals surface area contributed by atoms with E-state index in [0.29, 0.717) is 35.5 Å². The van der Waals surface area contributed by atoms with Crippen LogP contribution in [0.15, 0.2) is 16.3 Å². The van der Waals surface area contributed by atoms with Crippen molar-refractivity contribution in [3.05, 3.63) is 20.3 Å². The van der Waals surface area contributed by atoms with Gasteiger partial charge in [-0.2, -0.15) is 0 Å². The first kappa shape index (κ1) is 15.7. The average Bonchev–Trinajstić information content (AvgIpc) is 2.42. The topological polar surface area (TPSA) is 117 Å². The molecule has 0 spiro atoms. The van der Waals surface area contributed by atoms with Crippen LogP contribution in [-0.2, 0) is 4.74 Å². The number of ether oxygens (including phenoxy) is 1. The van der Waals surface area contributed by atoms with E-state index in [-0.39, 0.29) is 11.4 Å². The number of nitrogens with two attached hydrogens (primary N) is 1. The van der Waals surface area contributed by atoms with Crippen LogP contribution in [0.2, 0.25) is 0 Å². The van der Waals surface area contributed by atoms with Gasteiger partial charge in [0.15, 0.2) is 0 Å². The van der Waals surface area contributed by atoms with Gasteiger partial charge in [-0.15, -0.1) is 0 Å². The lowest BCUT2D eigenvalue weighted by Gasteiger charge is -2.23. The van der Waals surface area contributed by atoms with Gasteiger partial charge in [0.25, 0.3) is 5.56 Å². The Balaban J connectivity index is 2.89. The van der Waals surface area contributed by atoms with Gasteiger partial charge in [-0.1, -0.05) is 5.16 Å². The number of aromatic amines is 1. The molecule has 0 unspecified atom stereocenters. The number of amidine groups is 1. The van der Waals surface area contributed by atoms with Crippen molar-refractivity contribution in [2.75, 3.05) is 31.7 Å². The number of aromatic nitrogens is 2. The van der Waals surface area contributed by atoms with E-state index in [0.717, 1.165) is 0 Å². The van der Waals surface area contributed by atoms with Gasteiger partial charge in [-0.25, -0.2) is 4.98 Å². The number of anilines is 1. The van der Waals surface area contributed by atoms with Crippen LogP contribution in [0.3, 0.4) is 0 Å². The zero-order valence-electron chi connectivity index (χ0n) is 10.5. The van der Waals surface area contributed by atoms with Crippen molar-refractivity contribution < 1.29 is 9.94 Å². The third kappa shape index (κ3) is 4.67. The Bertz CT molecular complexity index is 490. The zero-order valence-corrected chi connectivity index (χ0v) is 12.6. The van der Waals surface area contributed by atoms with Gasteiger partial charge >= 0.3 is 0 Å². The van der Waals surface area contributed by atoms with Crippen LogP contribution in [0.5, 0.6) is 0 Å². The molecular formula is C10H16IN5O3. The summed E-state index contributed by atoms with van der Waals surface area (Å²) in [6.45, 7) is 1.52. The van der Waals surface area contributed by atoms with Crippen molar-refractivity contribution in [2.24, 2.45) is 10.9 Å². The summed E-state index contributed by atoms with van der Waals surface area (Å²) < 4.78 is 5.52. The first-order valence-corrected chi connectivity index (χ1v) is 6.61. The summed E-state index contributed by atoms with van der Waals surface area (Å²) in [5, 5.41) is 11.5. The van der Waals surface area contributed by atoms with Crippen LogP contribution in [0.25, 0.3) is 0 Å². The summed E-state index contributed by atoms with van der Waals surface area (Å²) in [6, 6.07) is 0. The van der Waals surface area contributed by atoms with Crippen molar-refractivity contribution in [1.82, 2.24) is 9.97 Å². The van der Waals surface area contributed by atoms with Crippen molar-refractivity contribution in [3.8, 4) is 0 Å². The Labute approximate surface area is 123 Å². The molecule has 0 aromatic carbocycles. The number of hydrogen-bond donors (Lipinski definition) is 3. The first-order chi connectivity index (χ1) is 9.10. The molecule has 1 heterocycles. The van der Waals surface area contributed by atoms with Crippen molar-refractivity contribution >= 4 is 34.2 Å². The molecule has 1 aromatic rings. The molecular weight excluding hydrogens is 365 g/mol. The molecule has 8 nitrogen and oxygen atoms in total. The second-order valence-corrected chi connectivity index (χ2v) is 4.77. The Morgan fingerprint density at radius 1 is 1.68 bits per heavy atom. The molecule has 1 aromatic heterocycles. The van der Waals surface area contributed by atoms with Crippen molar-refractivity contribution in [1.29, 1.82) is 0 Å². The standard InChI is InChI=1S/C10H16IN5O3/c1-19-5-4-16(3-2-7(12)15-18)9-8(11)10(17)14-6-13-9/h6,18H,2-5H2,1H3,(H2,12,15)(H,13,14,17). The molecule has 0 fully saturated rings. The highest BCUT2D eigenvalue weighted by atomic mass is 127. The number of rotatable bonds is 7. The fraction of sp³-hybridized carbons (Fsp3) is 0.500. The molecule has 9 heteroatoms. The number of nitrogens with zero attached hydrogens (tertiary/aromatic N) is 3. The largest absolute Gasteiger partial charge is 0.409 e. The SMILES string of the molecule is COCCN(CCC(N)=NO)c1nc[nH]c(=O)c1I. The molecule has 0 atom stereocenters. The third-order valence-electron chi connectivity index (χ3n) is 2.41. The van der Waals surface area contributed by atoms with E-state index in [2.05, 4.69) is 15.1 Å². The van der Waals surface area contributed by atoms with Crippen LogP contribution in [-0.4, -0.2) is 47.8 Å². The molecule has 0 saturated heterocycles. The number of hydrogen-bond acceptors (Lipinski definition) is 6. The van der Waals surface area contributed by atoms with E-state index < -0.39 is 0 Å². The van der Waals surface area contributed by atoms with Crippen LogP contribution >= 0.6 is 22.6 Å². The van der Waals surface area contributed by atoms with Crippen LogP contribution in [0.4, 0.5) is 5.82 Å². The summed E-state index contributed by atoms with van der Waals surface area (Å²) in [5.41, 5.74) is 5.25. The highest BCUT2D eigenvalue weighted by Gasteiger charge is 2.14. The van der Waals surface area contributed by atoms with Gasteiger partial charge in [-0.05, 0) is 22.6 Å². The lowest BCUT2D eigenvalue weighted by atomic mass is 10.3. The summed E-state index contributed by atoms with van der Waals surface area (Å²) in [6.07, 6.45) is 1.72. The summed E-state index contributed by atoms with van der Waals surface area (Å²) >= 11 is 1.94. The van der Waals surface area contributed by atoms with Crippen molar-refractivity contribution in [3.63, 3.8) is 0 Å². The molecule has 1 rings (SSSR count). The monoisotopic (exact) mass is 381 g/mol. The maximum absolute atomic E-state index is 11.6. The van der Waals surface area contributed by atoms with E-state index in [1.54, 1.807) is 7.11 Å². The fourth-order valence-electron chi connectivity index (χ4n) is 1.42. The van der Waals surface area contributed by atoms with Gasteiger partial charge in [0, 0.05) is 26.6 Å². The Morgan fingerprint density at radius 2 is 2.42 bits per heavy atom. The maximum Gasteiger partial charge on any atom is 0.266 e. The Kier molecular flexibility index (Phi) is 6.56. The molecule has 4 N–H and O–H groups in total. The predicted octanol–water partition coefficient (Wildman–Crippen LogP) is -0.0362. The lowest BCUT2D eigenvalue weighted by Crippen LogP contribution is -2.34. The first-order valence-electron chi connectivity index (χ1n) is 5.53. The number of oxime groups is 1. The molecule has 106 valence electrons. The van der Waals surface area contributed by atoms with Gasteiger partial charge < -0.3 is 25.6 Å². The molecule has 19 heavy (non-hydrogen) atoms. The summed E-state index contributed by atoms with van der Waals surface area (Å²) in [4.78, 5) is 20.1. The normalized spacial score (nSPS) is 11.6. The van der Waals surface area contributed by atoms with Crippen LogP contribution in [0, 0.1) is 3.57 Å². The smallest absolute Gasteiger partial charge is 0.266 e. The molecule has 0 saturated carbocycles. The lowest BCUT2D eigenvalue weighted by molar-refractivity contribution is 0.205. The number of methoxy groups -OCH3 is 1. The summed E-state index contributed by atoms with van der Waals surface area (Å²) in [7, 11) is 1.60. The molecule has 0 bridgehead atoms. The van der Waals surface area contributed by atoms with Gasteiger partial charge in [-0.3, -0.25) is 4.79 Å². The van der Waals surface area contributed by atoms with E-state index in [1.165, 1.54) is 6.33 Å². The average molecular weight is 381 g/mol. The molecule has 0 aliphatic heterocycles. The van der Waals surface area contributed by atoms with Crippen LogP contribution < -0.4 is 16.2 Å². The second-order valence-electron chi connectivity index (χ2n) is 3.69. The van der Waals surface area contributed by atoms with Gasteiger partial charge in [0.1, 0.15) is 15.2 Å². The third-order valence-corrected chi connectivity index (χ3v) is 3.38. The number of H-pyrrole nitrogens is 1. The minimum Gasteiger partial charge on any atom is -0.409 e. The van der Waals surface area contributed by atoms with E-state index in [4.69, 9.17) is 15.7 Å². The van der Waals surface area contributed by atoms with Crippen molar-refractivity contribution in [2.45, 2.75) is 6.42 Å². The predicted molar refractivity (Wildman–Crippen MR) is 79.7 cm³/mol. The zero-order chi connectivity index (χ0) is 14.3. The Hall–Kier alpha value is -1.36. The molecule has 0 aliphatic rings. The molecule has 0 amide bonds. The maximum atomic E-state index is 11.6.